The van der Waals surface area contributed by atoms with Gasteiger partial charge in [0.05, 0.1) is 0 Å². The molecule has 1 atom stereocenters. The lowest BCUT2D eigenvalue weighted by molar-refractivity contribution is -0.131. The lowest BCUT2D eigenvalue weighted by Crippen LogP contribution is -2.38. The van der Waals surface area contributed by atoms with Crippen LogP contribution >= 0.6 is 0 Å². The minimum Gasteiger partial charge on any atom is -0.491 e. The van der Waals surface area contributed by atoms with Gasteiger partial charge in [0.1, 0.15) is 23.8 Å². The molecule has 1 saturated heterocycles. The van der Waals surface area contributed by atoms with Gasteiger partial charge in [-0.3, -0.25) is 4.79 Å². The molecule has 0 aliphatic carbocycles. The van der Waals surface area contributed by atoms with Crippen molar-refractivity contribution in [3.8, 4) is 5.75 Å². The van der Waals surface area contributed by atoms with Gasteiger partial charge in [-0.15, -0.1) is 0 Å². The molecule has 1 amide bonds. The summed E-state index contributed by atoms with van der Waals surface area (Å²) in [6.45, 7) is 5.40. The quantitative estimate of drug-likeness (QED) is 0.792. The molecule has 1 aliphatic rings. The lowest BCUT2D eigenvalue weighted by atomic mass is 9.96. The predicted molar refractivity (Wildman–Crippen MR) is 112 cm³/mol. The number of aryl methyl sites for hydroxylation is 3. The molecule has 0 saturated carbocycles. The number of likely N-dealkylation sites (tertiary alicyclic amines) is 1. The second-order valence-electron chi connectivity index (χ2n) is 8.08. The largest absolute Gasteiger partial charge is 0.491 e. The van der Waals surface area contributed by atoms with Crippen molar-refractivity contribution in [3.05, 3.63) is 65.0 Å². The van der Waals surface area contributed by atoms with Gasteiger partial charge in [-0.05, 0) is 74.4 Å². The molecule has 1 heterocycles. The van der Waals surface area contributed by atoms with Crippen LogP contribution in [-0.4, -0.2) is 41.2 Å². The molecule has 0 aromatic heterocycles. The Morgan fingerprint density at radius 2 is 1.93 bits per heavy atom. The zero-order chi connectivity index (χ0) is 20.9. The molecule has 0 bridgehead atoms. The number of rotatable bonds is 6. The second-order valence-corrected chi connectivity index (χ2v) is 8.08. The molecule has 29 heavy (non-hydrogen) atoms. The number of hydrogen-bond donors (Lipinski definition) is 1. The maximum absolute atomic E-state index is 13.7. The number of halogens is 1. The smallest absolute Gasteiger partial charge is 0.222 e. The van der Waals surface area contributed by atoms with Crippen LogP contribution in [0.1, 0.15) is 42.4 Å². The highest BCUT2D eigenvalue weighted by Gasteiger charge is 2.32. The molecule has 1 aliphatic heterocycles. The van der Waals surface area contributed by atoms with E-state index in [9.17, 15) is 14.3 Å². The Labute approximate surface area is 172 Å². The van der Waals surface area contributed by atoms with Crippen molar-refractivity contribution in [1.29, 1.82) is 0 Å². The summed E-state index contributed by atoms with van der Waals surface area (Å²) in [6, 6.07) is 12.5. The molecule has 3 rings (SSSR count). The first-order valence-electron chi connectivity index (χ1n) is 10.3. The maximum atomic E-state index is 13.7. The van der Waals surface area contributed by atoms with Crippen molar-refractivity contribution in [2.45, 2.75) is 51.6 Å². The molecule has 4 nitrogen and oxygen atoms in total. The first-order valence-corrected chi connectivity index (χ1v) is 10.3. The van der Waals surface area contributed by atoms with Crippen LogP contribution in [0.3, 0.4) is 0 Å². The Morgan fingerprint density at radius 3 is 2.69 bits per heavy atom. The van der Waals surface area contributed by atoms with Crippen molar-refractivity contribution in [1.82, 2.24) is 4.90 Å². The number of ether oxygens (including phenoxy) is 1. The summed E-state index contributed by atoms with van der Waals surface area (Å²) in [7, 11) is 0. The van der Waals surface area contributed by atoms with E-state index in [0.717, 1.165) is 17.7 Å². The Balaban J connectivity index is 1.51. The highest BCUT2D eigenvalue weighted by Crippen LogP contribution is 2.25. The number of carbonyl (C=O) groups excluding carboxylic acids is 1. The predicted octanol–water partition coefficient (Wildman–Crippen LogP) is 4.20. The van der Waals surface area contributed by atoms with E-state index in [1.807, 2.05) is 25.1 Å². The van der Waals surface area contributed by atoms with Crippen LogP contribution in [0.4, 0.5) is 4.39 Å². The van der Waals surface area contributed by atoms with Crippen molar-refractivity contribution in [2.75, 3.05) is 19.7 Å². The minimum atomic E-state index is -0.945. The summed E-state index contributed by atoms with van der Waals surface area (Å²) in [6.07, 6.45) is 2.46. The molecule has 2 aromatic carbocycles. The summed E-state index contributed by atoms with van der Waals surface area (Å²) in [5.41, 5.74) is 1.98. The number of benzene rings is 2. The second kappa shape index (κ2) is 9.40. The van der Waals surface area contributed by atoms with Crippen LogP contribution in [0.5, 0.6) is 5.75 Å². The van der Waals surface area contributed by atoms with E-state index in [0.29, 0.717) is 37.9 Å². The van der Waals surface area contributed by atoms with E-state index < -0.39 is 5.60 Å². The normalized spacial score (nSPS) is 19.7. The molecule has 1 unspecified atom stereocenters. The van der Waals surface area contributed by atoms with Gasteiger partial charge in [0, 0.05) is 19.5 Å². The van der Waals surface area contributed by atoms with Crippen LogP contribution in [0.2, 0.25) is 0 Å². The zero-order valence-corrected chi connectivity index (χ0v) is 17.3. The number of carbonyl (C=O) groups is 1. The van der Waals surface area contributed by atoms with E-state index in [1.165, 1.54) is 11.6 Å². The van der Waals surface area contributed by atoms with Gasteiger partial charge >= 0.3 is 0 Å². The molecule has 156 valence electrons. The van der Waals surface area contributed by atoms with Gasteiger partial charge < -0.3 is 14.7 Å². The third-order valence-corrected chi connectivity index (χ3v) is 5.82. The van der Waals surface area contributed by atoms with Gasteiger partial charge in [-0.25, -0.2) is 4.39 Å². The number of aliphatic hydroxyl groups is 1. The summed E-state index contributed by atoms with van der Waals surface area (Å²) < 4.78 is 19.6. The summed E-state index contributed by atoms with van der Waals surface area (Å²) >= 11 is 0. The van der Waals surface area contributed by atoms with Crippen LogP contribution in [0.25, 0.3) is 0 Å². The average molecular weight is 400 g/mol. The van der Waals surface area contributed by atoms with Gasteiger partial charge in [0.2, 0.25) is 5.91 Å². The number of nitrogens with zero attached hydrogens (tertiary/aromatic N) is 1. The lowest BCUT2D eigenvalue weighted by Gasteiger charge is -2.27. The minimum absolute atomic E-state index is 0.00702. The third-order valence-electron chi connectivity index (χ3n) is 5.82. The first-order chi connectivity index (χ1) is 13.9. The van der Waals surface area contributed by atoms with E-state index in [4.69, 9.17) is 4.74 Å². The third kappa shape index (κ3) is 5.80. The molecule has 0 radical (unpaired) electrons. The van der Waals surface area contributed by atoms with Crippen molar-refractivity contribution >= 4 is 5.91 Å². The topological polar surface area (TPSA) is 49.8 Å². The van der Waals surface area contributed by atoms with Gasteiger partial charge in [-0.2, -0.15) is 0 Å². The van der Waals surface area contributed by atoms with E-state index in [2.05, 4.69) is 6.92 Å². The zero-order valence-electron chi connectivity index (χ0n) is 17.3. The Morgan fingerprint density at radius 1 is 1.14 bits per heavy atom. The SMILES string of the molecule is Cc1ccc(OCC2(O)CCCN(C(=O)CCc3ccccc3F)CC2)cc1C. The standard InChI is InChI=1S/C24H30FNO3/c1-18-8-10-21(16-19(18)2)29-17-24(28)12-5-14-26(15-13-24)23(27)11-9-20-6-3-4-7-22(20)25/h3-4,6-8,10,16,28H,5,9,11-15,17H2,1-2H3. The van der Waals surface area contributed by atoms with Gasteiger partial charge in [-0.1, -0.05) is 24.3 Å². The van der Waals surface area contributed by atoms with Crippen molar-refractivity contribution < 1.29 is 19.0 Å². The molecule has 0 spiro atoms. The monoisotopic (exact) mass is 399 g/mol. The van der Waals surface area contributed by atoms with Crippen LogP contribution in [-0.2, 0) is 11.2 Å². The molecule has 2 aromatic rings. The van der Waals surface area contributed by atoms with E-state index in [1.54, 1.807) is 23.1 Å². The Hall–Kier alpha value is -2.40. The fraction of sp³-hybridized carbons (Fsp3) is 0.458. The fourth-order valence-electron chi connectivity index (χ4n) is 3.69. The fourth-order valence-corrected chi connectivity index (χ4v) is 3.69. The van der Waals surface area contributed by atoms with Gasteiger partial charge in [0.15, 0.2) is 0 Å². The molecular weight excluding hydrogens is 369 g/mol. The van der Waals surface area contributed by atoms with Gasteiger partial charge in [0.25, 0.3) is 0 Å². The van der Waals surface area contributed by atoms with E-state index in [-0.39, 0.29) is 24.8 Å². The summed E-state index contributed by atoms with van der Waals surface area (Å²) in [5, 5.41) is 11.0. The number of amides is 1. The molecule has 1 fully saturated rings. The summed E-state index contributed by atoms with van der Waals surface area (Å²) in [4.78, 5) is 14.4. The van der Waals surface area contributed by atoms with Crippen LogP contribution < -0.4 is 4.74 Å². The van der Waals surface area contributed by atoms with Crippen LogP contribution in [0.15, 0.2) is 42.5 Å². The highest BCUT2D eigenvalue weighted by atomic mass is 19.1. The highest BCUT2D eigenvalue weighted by molar-refractivity contribution is 5.76. The van der Waals surface area contributed by atoms with Crippen molar-refractivity contribution in [2.24, 2.45) is 0 Å². The Kier molecular flexibility index (Phi) is 6.91. The van der Waals surface area contributed by atoms with Crippen molar-refractivity contribution in [3.63, 3.8) is 0 Å². The summed E-state index contributed by atoms with van der Waals surface area (Å²) in [5.74, 6) is 0.491. The molecule has 5 heteroatoms. The maximum Gasteiger partial charge on any atom is 0.222 e. The van der Waals surface area contributed by atoms with Crippen LogP contribution in [0, 0.1) is 19.7 Å². The molecular formula is C24H30FNO3. The Bertz CT molecular complexity index is 854. The van der Waals surface area contributed by atoms with E-state index >= 15 is 0 Å². The molecule has 1 N–H and O–H groups in total. The number of hydrogen-bond acceptors (Lipinski definition) is 3. The first kappa shape index (κ1) is 21.3. The average Bonchev–Trinajstić information content (AvgIpc) is 2.90.